The minimum atomic E-state index is -0.885. The average molecular weight is 179 g/mol. The lowest BCUT2D eigenvalue weighted by atomic mass is 10.2. The monoisotopic (exact) mass is 179 g/mol. The summed E-state index contributed by atoms with van der Waals surface area (Å²) in [6, 6.07) is 1.51. The van der Waals surface area contributed by atoms with E-state index in [1.54, 1.807) is 6.08 Å². The van der Waals surface area contributed by atoms with E-state index in [-0.39, 0.29) is 12.2 Å². The largest absolute Gasteiger partial charge is 0.506 e. The van der Waals surface area contributed by atoms with Crippen LogP contribution in [0.3, 0.4) is 0 Å². The first-order chi connectivity index (χ1) is 6.18. The standard InChI is InChI=1S/C9H9NO3/c11-8-4-7(5-10-6-8)2-1-3-9(12)13/h1-2,4-6,11H,3H2,(H,12,13). The molecule has 0 unspecified atom stereocenters. The summed E-state index contributed by atoms with van der Waals surface area (Å²) in [5, 5.41) is 17.3. The Hall–Kier alpha value is -1.84. The summed E-state index contributed by atoms with van der Waals surface area (Å²) in [5.41, 5.74) is 0.682. The number of carbonyl (C=O) groups is 1. The van der Waals surface area contributed by atoms with Crippen molar-refractivity contribution in [3.05, 3.63) is 30.1 Å². The van der Waals surface area contributed by atoms with Gasteiger partial charge in [-0.15, -0.1) is 0 Å². The molecule has 68 valence electrons. The smallest absolute Gasteiger partial charge is 0.307 e. The van der Waals surface area contributed by atoms with Gasteiger partial charge >= 0.3 is 5.97 Å². The number of aliphatic carboxylic acids is 1. The molecule has 1 heterocycles. The third-order valence-electron chi connectivity index (χ3n) is 1.35. The zero-order chi connectivity index (χ0) is 9.68. The van der Waals surface area contributed by atoms with Gasteiger partial charge in [-0.2, -0.15) is 0 Å². The summed E-state index contributed by atoms with van der Waals surface area (Å²) in [4.78, 5) is 13.9. The highest BCUT2D eigenvalue weighted by molar-refractivity contribution is 5.70. The summed E-state index contributed by atoms with van der Waals surface area (Å²) < 4.78 is 0. The van der Waals surface area contributed by atoms with Gasteiger partial charge in [-0.25, -0.2) is 0 Å². The number of hydrogen-bond donors (Lipinski definition) is 2. The van der Waals surface area contributed by atoms with E-state index >= 15 is 0 Å². The van der Waals surface area contributed by atoms with Crippen LogP contribution in [0.1, 0.15) is 12.0 Å². The summed E-state index contributed by atoms with van der Waals surface area (Å²) in [6.45, 7) is 0. The van der Waals surface area contributed by atoms with Crippen molar-refractivity contribution < 1.29 is 15.0 Å². The van der Waals surface area contributed by atoms with E-state index in [9.17, 15) is 4.79 Å². The van der Waals surface area contributed by atoms with Crippen LogP contribution in [0.15, 0.2) is 24.5 Å². The van der Waals surface area contributed by atoms with E-state index in [1.807, 2.05) is 0 Å². The molecule has 0 amide bonds. The zero-order valence-electron chi connectivity index (χ0n) is 6.84. The third-order valence-corrected chi connectivity index (χ3v) is 1.35. The Bertz CT molecular complexity index is 333. The van der Waals surface area contributed by atoms with Crippen molar-refractivity contribution in [2.45, 2.75) is 6.42 Å². The second-order valence-electron chi connectivity index (χ2n) is 2.48. The molecular formula is C9H9NO3. The molecule has 0 aliphatic rings. The first kappa shape index (κ1) is 9.25. The predicted octanol–water partition coefficient (Wildman–Crippen LogP) is 1.28. The highest BCUT2D eigenvalue weighted by Gasteiger charge is 1.92. The molecule has 1 aromatic rings. The lowest BCUT2D eigenvalue weighted by molar-refractivity contribution is -0.135. The summed E-state index contributed by atoms with van der Waals surface area (Å²) in [7, 11) is 0. The van der Waals surface area contributed by atoms with Crippen LogP contribution in [0.2, 0.25) is 0 Å². The minimum absolute atomic E-state index is 0.0321. The molecule has 4 heteroatoms. The number of carboxylic acids is 1. The molecule has 0 bridgehead atoms. The lowest BCUT2D eigenvalue weighted by Gasteiger charge is -1.92. The molecule has 4 nitrogen and oxygen atoms in total. The molecule has 0 saturated heterocycles. The van der Waals surface area contributed by atoms with Crippen molar-refractivity contribution in [3.8, 4) is 5.75 Å². The predicted molar refractivity (Wildman–Crippen MR) is 47.2 cm³/mol. The molecule has 1 rings (SSSR count). The van der Waals surface area contributed by atoms with Crippen LogP contribution in [-0.2, 0) is 4.79 Å². The van der Waals surface area contributed by atoms with Crippen molar-refractivity contribution in [1.82, 2.24) is 4.98 Å². The molecule has 0 aromatic carbocycles. The van der Waals surface area contributed by atoms with Gasteiger partial charge in [0.1, 0.15) is 5.75 Å². The van der Waals surface area contributed by atoms with Crippen molar-refractivity contribution in [1.29, 1.82) is 0 Å². The number of rotatable bonds is 3. The number of nitrogens with zero attached hydrogens (tertiary/aromatic N) is 1. The van der Waals surface area contributed by atoms with Gasteiger partial charge in [0.05, 0.1) is 12.6 Å². The fraction of sp³-hybridized carbons (Fsp3) is 0.111. The first-order valence-corrected chi connectivity index (χ1v) is 3.71. The van der Waals surface area contributed by atoms with Crippen LogP contribution < -0.4 is 0 Å². The number of hydrogen-bond acceptors (Lipinski definition) is 3. The lowest BCUT2D eigenvalue weighted by Crippen LogP contribution is -1.89. The average Bonchev–Trinajstić information content (AvgIpc) is 2.03. The van der Waals surface area contributed by atoms with Crippen molar-refractivity contribution in [2.24, 2.45) is 0 Å². The number of carboxylic acid groups (broad SMARTS) is 1. The van der Waals surface area contributed by atoms with Crippen molar-refractivity contribution in [3.63, 3.8) is 0 Å². The Morgan fingerprint density at radius 1 is 1.54 bits per heavy atom. The van der Waals surface area contributed by atoms with Crippen LogP contribution in [0.25, 0.3) is 6.08 Å². The molecule has 0 radical (unpaired) electrons. The van der Waals surface area contributed by atoms with Gasteiger partial charge in [-0.1, -0.05) is 12.2 Å². The summed E-state index contributed by atoms with van der Waals surface area (Å²) in [5.74, 6) is -0.818. The summed E-state index contributed by atoms with van der Waals surface area (Å²) in [6.07, 6.45) is 5.92. The highest BCUT2D eigenvalue weighted by atomic mass is 16.4. The Kier molecular flexibility index (Phi) is 3.03. The van der Waals surface area contributed by atoms with Crippen LogP contribution >= 0.6 is 0 Å². The van der Waals surface area contributed by atoms with Gasteiger partial charge < -0.3 is 10.2 Å². The Morgan fingerprint density at radius 3 is 2.92 bits per heavy atom. The second kappa shape index (κ2) is 4.25. The zero-order valence-corrected chi connectivity index (χ0v) is 6.84. The minimum Gasteiger partial charge on any atom is -0.506 e. The Morgan fingerprint density at radius 2 is 2.31 bits per heavy atom. The number of pyridine rings is 1. The maximum absolute atomic E-state index is 10.1. The molecule has 0 spiro atoms. The quantitative estimate of drug-likeness (QED) is 0.733. The maximum atomic E-state index is 10.1. The van der Waals surface area contributed by atoms with E-state index in [2.05, 4.69) is 4.98 Å². The van der Waals surface area contributed by atoms with E-state index in [0.29, 0.717) is 5.56 Å². The maximum Gasteiger partial charge on any atom is 0.307 e. The molecule has 0 aliphatic carbocycles. The normalized spacial score (nSPS) is 10.5. The van der Waals surface area contributed by atoms with E-state index in [4.69, 9.17) is 10.2 Å². The molecular weight excluding hydrogens is 170 g/mol. The van der Waals surface area contributed by atoms with Gasteiger partial charge in [0, 0.05) is 6.20 Å². The molecule has 1 aromatic heterocycles. The van der Waals surface area contributed by atoms with Crippen molar-refractivity contribution >= 4 is 12.0 Å². The van der Waals surface area contributed by atoms with Crippen LogP contribution in [0, 0.1) is 0 Å². The fourth-order valence-electron chi connectivity index (χ4n) is 0.832. The van der Waals surface area contributed by atoms with Crippen LogP contribution in [0.4, 0.5) is 0 Å². The molecule has 0 aliphatic heterocycles. The molecule has 0 atom stereocenters. The van der Waals surface area contributed by atoms with E-state index < -0.39 is 5.97 Å². The van der Waals surface area contributed by atoms with Gasteiger partial charge in [0.15, 0.2) is 0 Å². The van der Waals surface area contributed by atoms with Crippen LogP contribution in [-0.4, -0.2) is 21.2 Å². The van der Waals surface area contributed by atoms with Crippen molar-refractivity contribution in [2.75, 3.05) is 0 Å². The Labute approximate surface area is 75.2 Å². The molecule has 0 saturated carbocycles. The second-order valence-corrected chi connectivity index (χ2v) is 2.48. The highest BCUT2D eigenvalue weighted by Crippen LogP contribution is 2.09. The van der Waals surface area contributed by atoms with Gasteiger partial charge in [0.2, 0.25) is 0 Å². The Balaban J connectivity index is 2.63. The van der Waals surface area contributed by atoms with E-state index in [1.165, 1.54) is 24.5 Å². The molecule has 0 fully saturated rings. The molecule has 13 heavy (non-hydrogen) atoms. The summed E-state index contributed by atoms with van der Waals surface area (Å²) >= 11 is 0. The van der Waals surface area contributed by atoms with Gasteiger partial charge in [-0.05, 0) is 11.6 Å². The number of aromatic nitrogens is 1. The van der Waals surface area contributed by atoms with Crippen LogP contribution in [0.5, 0.6) is 5.75 Å². The van der Waals surface area contributed by atoms with E-state index in [0.717, 1.165) is 0 Å². The number of aromatic hydroxyl groups is 1. The van der Waals surface area contributed by atoms with Gasteiger partial charge in [-0.3, -0.25) is 9.78 Å². The first-order valence-electron chi connectivity index (χ1n) is 3.71. The SMILES string of the molecule is O=C(O)CC=Cc1cncc(O)c1. The van der Waals surface area contributed by atoms with Gasteiger partial charge in [0.25, 0.3) is 0 Å². The molecule has 2 N–H and O–H groups in total. The third kappa shape index (κ3) is 3.37. The fourth-order valence-corrected chi connectivity index (χ4v) is 0.832. The topological polar surface area (TPSA) is 70.4 Å².